The highest BCUT2D eigenvalue weighted by Gasteiger charge is 2.36. The molecule has 1 rings (SSSR count). The molecule has 0 aromatic rings. The lowest BCUT2D eigenvalue weighted by atomic mass is 9.94. The van der Waals surface area contributed by atoms with Crippen LogP contribution in [0.15, 0.2) is 0 Å². The molecule has 2 N–H and O–H groups in total. The molecule has 3 nitrogen and oxygen atoms in total. The van der Waals surface area contributed by atoms with Crippen LogP contribution in [-0.4, -0.2) is 22.7 Å². The second kappa shape index (κ2) is 5.67. The van der Waals surface area contributed by atoms with Gasteiger partial charge in [0.25, 0.3) is 0 Å². The molecular weight excluding hydrogens is 202 g/mol. The molecule has 0 spiro atoms. The summed E-state index contributed by atoms with van der Waals surface area (Å²) in [5.74, 6) is 0.0754. The van der Waals surface area contributed by atoms with Gasteiger partial charge in [-0.15, -0.1) is 0 Å². The molecule has 0 heterocycles. The minimum absolute atomic E-state index is 0.401. The molecule has 0 bridgehead atoms. The van der Waals surface area contributed by atoms with Crippen LogP contribution in [0.3, 0.4) is 0 Å². The molecule has 0 radical (unpaired) electrons. The first-order valence-electron chi connectivity index (χ1n) is 6.53. The molecule has 16 heavy (non-hydrogen) atoms. The van der Waals surface area contributed by atoms with Crippen LogP contribution in [0.1, 0.15) is 59.3 Å². The van der Waals surface area contributed by atoms with Gasteiger partial charge < -0.3 is 5.11 Å². The number of nitrogens with one attached hydrogen (secondary N) is 1. The molecule has 0 saturated heterocycles. The van der Waals surface area contributed by atoms with Gasteiger partial charge >= 0.3 is 5.97 Å². The van der Waals surface area contributed by atoms with E-state index in [1.807, 2.05) is 13.8 Å². The van der Waals surface area contributed by atoms with Gasteiger partial charge in [-0.2, -0.15) is 0 Å². The van der Waals surface area contributed by atoms with Crippen molar-refractivity contribution < 1.29 is 9.90 Å². The summed E-state index contributed by atoms with van der Waals surface area (Å²) in [7, 11) is 0. The quantitative estimate of drug-likeness (QED) is 0.733. The van der Waals surface area contributed by atoms with Crippen molar-refractivity contribution in [3.8, 4) is 0 Å². The monoisotopic (exact) mass is 227 g/mol. The second-order valence-corrected chi connectivity index (χ2v) is 5.32. The van der Waals surface area contributed by atoms with Crippen LogP contribution in [0.2, 0.25) is 0 Å². The Morgan fingerprint density at radius 3 is 2.56 bits per heavy atom. The van der Waals surface area contributed by atoms with E-state index in [9.17, 15) is 9.90 Å². The molecule has 94 valence electrons. The summed E-state index contributed by atoms with van der Waals surface area (Å²) in [4.78, 5) is 11.3. The molecule has 0 aliphatic heterocycles. The number of aliphatic carboxylic acids is 1. The molecule has 0 aromatic heterocycles. The van der Waals surface area contributed by atoms with E-state index in [4.69, 9.17) is 0 Å². The van der Waals surface area contributed by atoms with Crippen molar-refractivity contribution in [1.29, 1.82) is 0 Å². The fraction of sp³-hybridized carbons (Fsp3) is 0.923. The van der Waals surface area contributed by atoms with Crippen molar-refractivity contribution in [3.05, 3.63) is 0 Å². The highest BCUT2D eigenvalue weighted by atomic mass is 16.4. The number of carbonyl (C=O) groups is 1. The average molecular weight is 227 g/mol. The maximum absolute atomic E-state index is 11.3. The first kappa shape index (κ1) is 13.5. The van der Waals surface area contributed by atoms with Crippen LogP contribution >= 0.6 is 0 Å². The normalized spacial score (nSPS) is 28.9. The number of hydrogen-bond donors (Lipinski definition) is 2. The number of rotatable bonds is 6. The molecule has 0 aromatic carbocycles. The number of hydrogen-bond acceptors (Lipinski definition) is 2. The van der Waals surface area contributed by atoms with E-state index in [0.29, 0.717) is 12.5 Å². The van der Waals surface area contributed by atoms with Gasteiger partial charge in [0, 0.05) is 6.04 Å². The summed E-state index contributed by atoms with van der Waals surface area (Å²) in [5.41, 5.74) is -0.734. The van der Waals surface area contributed by atoms with Gasteiger partial charge in [0.15, 0.2) is 0 Å². The molecule has 1 fully saturated rings. The van der Waals surface area contributed by atoms with E-state index in [0.717, 1.165) is 25.2 Å². The van der Waals surface area contributed by atoms with Crippen molar-refractivity contribution >= 4 is 5.97 Å². The summed E-state index contributed by atoms with van der Waals surface area (Å²) >= 11 is 0. The molecule has 0 amide bonds. The molecule has 3 atom stereocenters. The molecule has 3 heteroatoms. The van der Waals surface area contributed by atoms with Gasteiger partial charge in [0.1, 0.15) is 5.54 Å². The van der Waals surface area contributed by atoms with E-state index in [2.05, 4.69) is 12.2 Å². The fourth-order valence-corrected chi connectivity index (χ4v) is 2.77. The Morgan fingerprint density at radius 2 is 2.12 bits per heavy atom. The Bertz CT molecular complexity index is 242. The van der Waals surface area contributed by atoms with Gasteiger partial charge in [-0.1, -0.05) is 26.7 Å². The molecular formula is C13H25NO2. The van der Waals surface area contributed by atoms with Crippen molar-refractivity contribution in [3.63, 3.8) is 0 Å². The molecule has 1 aliphatic rings. The van der Waals surface area contributed by atoms with Crippen LogP contribution in [0.5, 0.6) is 0 Å². The average Bonchev–Trinajstić information content (AvgIpc) is 2.65. The SMILES string of the molecule is CCCC(C)(NC1CCC(CC)C1)C(=O)O. The molecule has 1 saturated carbocycles. The third-order valence-corrected chi connectivity index (χ3v) is 3.86. The van der Waals surface area contributed by atoms with E-state index in [-0.39, 0.29) is 0 Å². The van der Waals surface area contributed by atoms with Crippen LogP contribution in [0.4, 0.5) is 0 Å². The first-order chi connectivity index (χ1) is 7.51. The first-order valence-corrected chi connectivity index (χ1v) is 6.53. The predicted octanol–water partition coefficient (Wildman–Crippen LogP) is 2.80. The Kier molecular flexibility index (Phi) is 4.78. The van der Waals surface area contributed by atoms with Gasteiger partial charge in [-0.05, 0) is 38.5 Å². The van der Waals surface area contributed by atoms with Gasteiger partial charge in [0.2, 0.25) is 0 Å². The highest BCUT2D eigenvalue weighted by molar-refractivity contribution is 5.78. The largest absolute Gasteiger partial charge is 0.480 e. The van der Waals surface area contributed by atoms with Crippen molar-refractivity contribution in [2.75, 3.05) is 0 Å². The highest BCUT2D eigenvalue weighted by Crippen LogP contribution is 2.29. The third kappa shape index (κ3) is 3.21. The topological polar surface area (TPSA) is 49.3 Å². The van der Waals surface area contributed by atoms with Gasteiger partial charge in [-0.3, -0.25) is 10.1 Å². The maximum Gasteiger partial charge on any atom is 0.323 e. The minimum Gasteiger partial charge on any atom is -0.480 e. The Labute approximate surface area is 98.6 Å². The summed E-state index contributed by atoms with van der Waals surface area (Å²) in [6.07, 6.45) is 6.34. The number of carboxylic acids is 1. The van der Waals surface area contributed by atoms with Crippen molar-refractivity contribution in [2.45, 2.75) is 70.9 Å². The smallest absolute Gasteiger partial charge is 0.323 e. The Morgan fingerprint density at radius 1 is 1.44 bits per heavy atom. The predicted molar refractivity (Wildman–Crippen MR) is 65.5 cm³/mol. The lowest BCUT2D eigenvalue weighted by Gasteiger charge is -2.29. The minimum atomic E-state index is -0.734. The Balaban J connectivity index is 2.53. The zero-order chi connectivity index (χ0) is 12.2. The summed E-state index contributed by atoms with van der Waals surface area (Å²) in [6.45, 7) is 6.07. The molecule has 1 aliphatic carbocycles. The van der Waals surface area contributed by atoms with E-state index in [1.54, 1.807) is 0 Å². The zero-order valence-electron chi connectivity index (χ0n) is 10.8. The second-order valence-electron chi connectivity index (χ2n) is 5.32. The van der Waals surface area contributed by atoms with Gasteiger partial charge in [-0.25, -0.2) is 0 Å². The van der Waals surface area contributed by atoms with Gasteiger partial charge in [0.05, 0.1) is 0 Å². The third-order valence-electron chi connectivity index (χ3n) is 3.86. The van der Waals surface area contributed by atoms with Crippen LogP contribution < -0.4 is 5.32 Å². The van der Waals surface area contributed by atoms with E-state index >= 15 is 0 Å². The van der Waals surface area contributed by atoms with Crippen molar-refractivity contribution in [1.82, 2.24) is 5.32 Å². The maximum atomic E-state index is 11.3. The standard InChI is InChI=1S/C13H25NO2/c1-4-8-13(3,12(15)16)14-11-7-6-10(5-2)9-11/h10-11,14H,4-9H2,1-3H3,(H,15,16). The molecule has 3 unspecified atom stereocenters. The Hall–Kier alpha value is -0.570. The summed E-state index contributed by atoms with van der Waals surface area (Å²) in [6, 6.07) is 0.401. The fourth-order valence-electron chi connectivity index (χ4n) is 2.77. The van der Waals surface area contributed by atoms with Crippen LogP contribution in [-0.2, 0) is 4.79 Å². The van der Waals surface area contributed by atoms with E-state index < -0.39 is 11.5 Å². The van der Waals surface area contributed by atoms with Crippen molar-refractivity contribution in [2.24, 2.45) is 5.92 Å². The van der Waals surface area contributed by atoms with Crippen LogP contribution in [0, 0.1) is 5.92 Å². The number of carboxylic acid groups (broad SMARTS) is 1. The summed E-state index contributed by atoms with van der Waals surface area (Å²) in [5, 5.41) is 12.6. The van der Waals surface area contributed by atoms with E-state index in [1.165, 1.54) is 12.8 Å². The zero-order valence-corrected chi connectivity index (χ0v) is 10.8. The van der Waals surface area contributed by atoms with Crippen LogP contribution in [0.25, 0.3) is 0 Å². The lowest BCUT2D eigenvalue weighted by molar-refractivity contribution is -0.144. The summed E-state index contributed by atoms with van der Waals surface area (Å²) < 4.78 is 0. The lowest BCUT2D eigenvalue weighted by Crippen LogP contribution is -2.53.